The predicted octanol–water partition coefficient (Wildman–Crippen LogP) is 4.85. The molecule has 2 aromatic carbocycles. The number of aryl methyl sites for hydroxylation is 1. The molecule has 0 aliphatic carbocycles. The first kappa shape index (κ1) is 14.2. The van der Waals surface area contributed by atoms with Crippen molar-refractivity contribution >= 4 is 0 Å². The first-order chi connectivity index (χ1) is 9.65. The summed E-state index contributed by atoms with van der Waals surface area (Å²) in [5, 5.41) is 8.69. The van der Waals surface area contributed by atoms with Gasteiger partial charge in [0.05, 0.1) is 5.56 Å². The fraction of sp³-hybridized carbons (Fsp3) is 0.235. The molecule has 2 aromatic rings. The predicted molar refractivity (Wildman–Crippen MR) is 75.1 cm³/mol. The Morgan fingerprint density at radius 2 is 1.85 bits per heavy atom. The molecular formula is C17H15F2N. The first-order valence-corrected chi connectivity index (χ1v) is 6.64. The zero-order chi connectivity index (χ0) is 14.5. The van der Waals surface area contributed by atoms with E-state index in [9.17, 15) is 8.78 Å². The van der Waals surface area contributed by atoms with Crippen LogP contribution in [-0.2, 0) is 6.42 Å². The van der Waals surface area contributed by atoms with Crippen molar-refractivity contribution in [2.75, 3.05) is 0 Å². The van der Waals surface area contributed by atoms with Gasteiger partial charge in [0.15, 0.2) is 0 Å². The minimum atomic E-state index is -0.626. The van der Waals surface area contributed by atoms with Gasteiger partial charge in [-0.1, -0.05) is 31.5 Å². The van der Waals surface area contributed by atoms with Crippen LogP contribution in [0.3, 0.4) is 0 Å². The summed E-state index contributed by atoms with van der Waals surface area (Å²) in [5.74, 6) is -0.984. The van der Waals surface area contributed by atoms with Crippen molar-refractivity contribution in [3.05, 3.63) is 59.2 Å². The molecule has 0 amide bonds. The molecule has 0 fully saturated rings. The number of hydrogen-bond acceptors (Lipinski definition) is 1. The molecular weight excluding hydrogens is 256 g/mol. The molecule has 0 aliphatic heterocycles. The third-order valence-corrected chi connectivity index (χ3v) is 3.25. The highest BCUT2D eigenvalue weighted by Gasteiger charge is 2.09. The van der Waals surface area contributed by atoms with Gasteiger partial charge in [-0.3, -0.25) is 0 Å². The molecule has 0 N–H and O–H groups in total. The summed E-state index contributed by atoms with van der Waals surface area (Å²) in [6.45, 7) is 2.09. The van der Waals surface area contributed by atoms with Crippen LogP contribution >= 0.6 is 0 Å². The van der Waals surface area contributed by atoms with Crippen molar-refractivity contribution in [2.24, 2.45) is 0 Å². The second kappa shape index (κ2) is 6.29. The van der Waals surface area contributed by atoms with Crippen LogP contribution < -0.4 is 0 Å². The minimum absolute atomic E-state index is 0.0336. The smallest absolute Gasteiger partial charge is 0.141 e. The summed E-state index contributed by atoms with van der Waals surface area (Å²) in [6, 6.07) is 10.9. The lowest BCUT2D eigenvalue weighted by atomic mass is 10.00. The molecule has 2 rings (SSSR count). The van der Waals surface area contributed by atoms with Gasteiger partial charge in [-0.25, -0.2) is 8.78 Å². The van der Waals surface area contributed by atoms with Gasteiger partial charge in [0.25, 0.3) is 0 Å². The topological polar surface area (TPSA) is 23.8 Å². The maximum atomic E-state index is 14.1. The normalized spacial score (nSPS) is 10.3. The highest BCUT2D eigenvalue weighted by Crippen LogP contribution is 2.25. The average Bonchev–Trinajstić information content (AvgIpc) is 2.45. The number of nitriles is 1. The van der Waals surface area contributed by atoms with Crippen molar-refractivity contribution in [3.63, 3.8) is 0 Å². The summed E-state index contributed by atoms with van der Waals surface area (Å²) >= 11 is 0. The standard InChI is InChI=1S/C17H15F2N/c1-2-3-4-12-5-8-15(17(19)9-12)13-6-7-14(11-20)16(18)10-13/h5-10H,2-4H2,1H3. The molecule has 0 aliphatic rings. The Balaban J connectivity index is 2.34. The van der Waals surface area contributed by atoms with E-state index in [-0.39, 0.29) is 11.4 Å². The van der Waals surface area contributed by atoms with Crippen LogP contribution in [0.15, 0.2) is 36.4 Å². The van der Waals surface area contributed by atoms with E-state index in [0.29, 0.717) is 11.1 Å². The molecule has 0 bridgehead atoms. The highest BCUT2D eigenvalue weighted by atomic mass is 19.1. The maximum absolute atomic E-state index is 14.1. The molecule has 0 atom stereocenters. The van der Waals surface area contributed by atoms with E-state index in [1.807, 2.05) is 6.07 Å². The highest BCUT2D eigenvalue weighted by molar-refractivity contribution is 5.65. The molecule has 0 saturated heterocycles. The Labute approximate surface area is 117 Å². The monoisotopic (exact) mass is 271 g/mol. The molecule has 102 valence electrons. The van der Waals surface area contributed by atoms with Crippen LogP contribution in [0.25, 0.3) is 11.1 Å². The summed E-state index contributed by atoms with van der Waals surface area (Å²) in [6.07, 6.45) is 2.92. The lowest BCUT2D eigenvalue weighted by Gasteiger charge is -2.07. The van der Waals surface area contributed by atoms with Crippen LogP contribution in [0.5, 0.6) is 0 Å². The van der Waals surface area contributed by atoms with Gasteiger partial charge >= 0.3 is 0 Å². The van der Waals surface area contributed by atoms with E-state index in [2.05, 4.69) is 6.92 Å². The molecule has 0 radical (unpaired) electrons. The van der Waals surface area contributed by atoms with Crippen molar-refractivity contribution in [1.82, 2.24) is 0 Å². The largest absolute Gasteiger partial charge is 0.206 e. The average molecular weight is 271 g/mol. The molecule has 0 saturated carbocycles. The second-order valence-electron chi connectivity index (χ2n) is 4.72. The van der Waals surface area contributed by atoms with Gasteiger partial charge in [-0.2, -0.15) is 5.26 Å². The quantitative estimate of drug-likeness (QED) is 0.780. The first-order valence-electron chi connectivity index (χ1n) is 6.64. The molecule has 0 spiro atoms. The summed E-state index contributed by atoms with van der Waals surface area (Å²) in [7, 11) is 0. The number of hydrogen-bond donors (Lipinski definition) is 0. The van der Waals surface area contributed by atoms with Gasteiger partial charge in [-0.15, -0.1) is 0 Å². The van der Waals surface area contributed by atoms with Crippen LogP contribution in [0.1, 0.15) is 30.9 Å². The van der Waals surface area contributed by atoms with Gasteiger partial charge in [0, 0.05) is 5.56 Å². The van der Waals surface area contributed by atoms with E-state index < -0.39 is 5.82 Å². The van der Waals surface area contributed by atoms with Crippen molar-refractivity contribution in [2.45, 2.75) is 26.2 Å². The van der Waals surface area contributed by atoms with Gasteiger partial charge in [0.1, 0.15) is 17.7 Å². The maximum Gasteiger partial charge on any atom is 0.141 e. The Morgan fingerprint density at radius 3 is 2.45 bits per heavy atom. The zero-order valence-electron chi connectivity index (χ0n) is 11.3. The van der Waals surface area contributed by atoms with Crippen molar-refractivity contribution in [1.29, 1.82) is 5.26 Å². The van der Waals surface area contributed by atoms with Crippen LogP contribution in [0, 0.1) is 23.0 Å². The Hall–Kier alpha value is -2.21. The SMILES string of the molecule is CCCCc1ccc(-c2ccc(C#N)c(F)c2)c(F)c1. The number of benzene rings is 2. The van der Waals surface area contributed by atoms with Crippen molar-refractivity contribution in [3.8, 4) is 17.2 Å². The molecule has 0 heterocycles. The van der Waals surface area contributed by atoms with E-state index in [1.54, 1.807) is 18.2 Å². The van der Waals surface area contributed by atoms with Crippen LogP contribution in [0.2, 0.25) is 0 Å². The van der Waals surface area contributed by atoms with E-state index in [4.69, 9.17) is 5.26 Å². The Kier molecular flexibility index (Phi) is 4.47. The van der Waals surface area contributed by atoms with E-state index in [1.165, 1.54) is 18.2 Å². The third-order valence-electron chi connectivity index (χ3n) is 3.25. The van der Waals surface area contributed by atoms with Crippen LogP contribution in [0.4, 0.5) is 8.78 Å². The van der Waals surface area contributed by atoms with Crippen molar-refractivity contribution < 1.29 is 8.78 Å². The Morgan fingerprint density at radius 1 is 1.05 bits per heavy atom. The Bertz CT molecular complexity index is 657. The van der Waals surface area contributed by atoms with Gasteiger partial charge in [0.2, 0.25) is 0 Å². The van der Waals surface area contributed by atoms with Gasteiger partial charge in [-0.05, 0) is 42.2 Å². The molecule has 3 heteroatoms. The summed E-state index contributed by atoms with van der Waals surface area (Å²) < 4.78 is 27.7. The molecule has 0 unspecified atom stereocenters. The number of unbranched alkanes of at least 4 members (excludes halogenated alkanes) is 1. The fourth-order valence-electron chi connectivity index (χ4n) is 2.10. The molecule has 20 heavy (non-hydrogen) atoms. The molecule has 1 nitrogen and oxygen atoms in total. The summed E-state index contributed by atoms with van der Waals surface area (Å²) in [4.78, 5) is 0. The number of halogens is 2. The van der Waals surface area contributed by atoms with E-state index in [0.717, 1.165) is 24.8 Å². The zero-order valence-corrected chi connectivity index (χ0v) is 11.3. The van der Waals surface area contributed by atoms with Gasteiger partial charge < -0.3 is 0 Å². The minimum Gasteiger partial charge on any atom is -0.206 e. The second-order valence-corrected chi connectivity index (χ2v) is 4.72. The lowest BCUT2D eigenvalue weighted by molar-refractivity contribution is 0.621. The molecule has 0 aromatic heterocycles. The van der Waals surface area contributed by atoms with Crippen LogP contribution in [-0.4, -0.2) is 0 Å². The number of rotatable bonds is 4. The summed E-state index contributed by atoms with van der Waals surface area (Å²) in [5.41, 5.74) is 1.71. The lowest BCUT2D eigenvalue weighted by Crippen LogP contribution is -1.91. The fourth-order valence-corrected chi connectivity index (χ4v) is 2.10. The third kappa shape index (κ3) is 3.03. The number of nitrogens with zero attached hydrogens (tertiary/aromatic N) is 1. The van der Waals surface area contributed by atoms with E-state index >= 15 is 0 Å².